The molecular weight excluding hydrogens is 996 g/mol. The fourth-order valence-electron chi connectivity index (χ4n) is 13.9. The fraction of sp³-hybridized carbons (Fsp3) is 0.371. The molecule has 2 aromatic carbocycles. The highest BCUT2D eigenvalue weighted by Gasteiger charge is 2.36. The molecule has 3 aromatic heterocycles. The summed E-state index contributed by atoms with van der Waals surface area (Å²) in [7, 11) is 0. The second kappa shape index (κ2) is 22.2. The molecule has 0 amide bonds. The van der Waals surface area contributed by atoms with Gasteiger partial charge in [0.2, 0.25) is 5.78 Å². The molecule has 0 fully saturated rings. The van der Waals surface area contributed by atoms with Gasteiger partial charge in [-0.1, -0.05) is 87.8 Å². The van der Waals surface area contributed by atoms with Crippen molar-refractivity contribution in [2.45, 2.75) is 171 Å². The van der Waals surface area contributed by atoms with E-state index in [0.717, 1.165) is 118 Å². The van der Waals surface area contributed by atoms with Gasteiger partial charge in [-0.25, -0.2) is 9.97 Å². The van der Waals surface area contributed by atoms with Crippen LogP contribution in [0.1, 0.15) is 188 Å². The lowest BCUT2D eigenvalue weighted by Crippen LogP contribution is -2.25. The first-order valence-corrected chi connectivity index (χ1v) is 29.7. The van der Waals surface area contributed by atoms with E-state index in [1.807, 2.05) is 0 Å². The number of ketones is 4. The minimum atomic E-state index is -0.303. The summed E-state index contributed by atoms with van der Waals surface area (Å²) in [5.41, 5.74) is 27.7. The van der Waals surface area contributed by atoms with Crippen LogP contribution >= 0.6 is 11.6 Å². The van der Waals surface area contributed by atoms with Gasteiger partial charge in [-0.2, -0.15) is 0 Å². The molecule has 6 aliphatic carbocycles. The summed E-state index contributed by atoms with van der Waals surface area (Å²) in [6, 6.07) is 22.1. The molecule has 0 spiro atoms. The molecule has 12 aliphatic rings. The molecule has 0 saturated heterocycles. The summed E-state index contributed by atoms with van der Waals surface area (Å²) in [6.07, 6.45) is 12.2. The van der Waals surface area contributed by atoms with Crippen molar-refractivity contribution in [1.29, 1.82) is 0 Å². The first-order chi connectivity index (χ1) is 38.3. The van der Waals surface area contributed by atoms with Crippen molar-refractivity contribution in [3.05, 3.63) is 161 Å². The highest BCUT2D eigenvalue weighted by Crippen LogP contribution is 2.47. The van der Waals surface area contributed by atoms with E-state index in [1.54, 1.807) is 0 Å². The van der Waals surface area contributed by atoms with Crippen LogP contribution in [0.2, 0.25) is 0 Å². The number of aromatic nitrogens is 4. The molecule has 2 N–H and O–H groups in total. The van der Waals surface area contributed by atoms with E-state index in [9.17, 15) is 9.59 Å². The zero-order chi connectivity index (χ0) is 55.4. The van der Waals surface area contributed by atoms with Crippen LogP contribution in [-0.4, -0.2) is 43.1 Å². The van der Waals surface area contributed by atoms with Crippen LogP contribution in [0, 0.1) is 13.8 Å². The minimum Gasteiger partial charge on any atom is -0.354 e. The van der Waals surface area contributed by atoms with Gasteiger partial charge in [-0.05, 0) is 228 Å². The number of rotatable bonds is 4. The number of Topliss-reactive ketones (excluding diaryl/α,β-unsaturated/α-hetero) is 3. The molecule has 0 radical (unpaired) electrons. The summed E-state index contributed by atoms with van der Waals surface area (Å²) in [5, 5.41) is -0.00534. The number of carbonyl (C=O) groups excluding carboxylic acids is 4. The number of aryl methyl sites for hydroxylation is 6. The summed E-state index contributed by atoms with van der Waals surface area (Å²) < 4.78 is 0. The molecular formula is C70H73ClN4O4. The third-order valence-electron chi connectivity index (χ3n) is 18.2. The smallest absolute Gasteiger partial charge is 0.200 e. The minimum absolute atomic E-state index is 0.00534. The van der Waals surface area contributed by atoms with Gasteiger partial charge in [0, 0.05) is 55.6 Å². The predicted molar refractivity (Wildman–Crippen MR) is 324 cm³/mol. The third-order valence-corrected chi connectivity index (χ3v) is 18.6. The normalized spacial score (nSPS) is 17.9. The maximum atomic E-state index is 15.3. The van der Waals surface area contributed by atoms with Gasteiger partial charge in [0.15, 0.2) is 17.3 Å². The lowest BCUT2D eigenvalue weighted by Gasteiger charge is -2.26. The van der Waals surface area contributed by atoms with E-state index >= 15 is 9.59 Å². The summed E-state index contributed by atoms with van der Waals surface area (Å²) in [5.74, 6) is -0.582. The summed E-state index contributed by atoms with van der Waals surface area (Å²) in [4.78, 5) is 77.0. The highest BCUT2D eigenvalue weighted by molar-refractivity contribution is 6.49. The average Bonchev–Trinajstić information content (AvgIpc) is 4.28. The Hall–Kier alpha value is -7.03. The van der Waals surface area contributed by atoms with Crippen molar-refractivity contribution in [1.82, 2.24) is 19.9 Å². The number of allylic oxidation sites excluding steroid dienone is 12. The number of carbonyl (C=O) groups is 4. The van der Waals surface area contributed by atoms with Gasteiger partial charge < -0.3 is 9.97 Å². The number of hydrogen-bond acceptors (Lipinski definition) is 6. The van der Waals surface area contributed by atoms with Crippen LogP contribution in [-0.2, 0) is 44.9 Å². The third kappa shape index (κ3) is 9.45. The van der Waals surface area contributed by atoms with Crippen molar-refractivity contribution >= 4 is 79.1 Å². The molecule has 9 heteroatoms. The van der Waals surface area contributed by atoms with Crippen LogP contribution in [0.4, 0.5) is 0 Å². The molecule has 79 heavy (non-hydrogen) atoms. The molecule has 0 atom stereocenters. The predicted octanol–water partition coefficient (Wildman–Crippen LogP) is 17.2. The first kappa shape index (κ1) is 53.9. The molecule has 0 saturated carbocycles. The van der Waals surface area contributed by atoms with Crippen LogP contribution in [0.25, 0.3) is 66.6 Å². The number of benzene rings is 2. The zero-order valence-corrected chi connectivity index (χ0v) is 48.2. The number of nitrogens with one attached hydrogen (secondary N) is 2. The number of halogens is 1. The van der Waals surface area contributed by atoms with Gasteiger partial charge in [-0.15, -0.1) is 0 Å². The Bertz CT molecular complexity index is 3730. The van der Waals surface area contributed by atoms with E-state index in [-0.39, 0.29) is 34.6 Å². The van der Waals surface area contributed by atoms with E-state index in [0.29, 0.717) is 91.2 Å². The highest BCUT2D eigenvalue weighted by atomic mass is 35.5. The van der Waals surface area contributed by atoms with E-state index in [1.165, 1.54) is 61.7 Å². The largest absolute Gasteiger partial charge is 0.354 e. The maximum absolute atomic E-state index is 15.3. The topological polar surface area (TPSA) is 126 Å². The molecule has 8 nitrogen and oxygen atoms in total. The van der Waals surface area contributed by atoms with Crippen molar-refractivity contribution in [3.63, 3.8) is 0 Å². The second-order valence-corrected chi connectivity index (χ2v) is 22.9. The number of H-pyrrole nitrogens is 2. The quantitative estimate of drug-likeness (QED) is 0.173. The van der Waals surface area contributed by atoms with Crippen LogP contribution in [0.3, 0.4) is 0 Å². The molecule has 0 unspecified atom stereocenters. The number of nitrogens with zero attached hydrogens (tertiary/aromatic N) is 2. The SMILES string of the molecule is CCC1=C(C)c2cc3[nH]c(c(CC)c3C)c3c4[nH]c(cc5nc(c(c1n2)-c1ccccc1CCCCC1=C2CCCC6=CC(=O)C(=C(Cl)C6=O)CCCC(=C(CCCCc6ccccc6-3)C2=O)C1=O)C(CC)=C5C)c(C)c4CC. The standard InChI is InChI=1S/C70H73ClN4O4/c1-9-45-38(5)56-36-58-40(7)47(11-3)66(74-58)62-50-29-18-14-24-43(50)26-16-20-31-52-54-33-22-34-55-60(76)35-44(68(77)63(55)71)27-21-32-53(69(52)78)51(70(54)79)30-19-15-25-42-23-13-17-28-49(42)61(64(45)72-56)65-46(10-2)39(6)57(73-65)37-59-41(8)48(12-4)67(62)75-59/h13-14,17-18,23-24,28-29,35-37,74-75H,9-12,15-16,19-22,25-27,30-34H2,1-8H3. The van der Waals surface area contributed by atoms with Crippen LogP contribution < -0.4 is 0 Å². The average molecular weight is 1070 g/mol. The molecule has 16 bridgehead atoms. The maximum Gasteiger partial charge on any atom is 0.200 e. The Morgan fingerprint density at radius 1 is 0.481 bits per heavy atom. The Balaban J connectivity index is 1.18. The monoisotopic (exact) mass is 1070 g/mol. The van der Waals surface area contributed by atoms with Gasteiger partial charge in [0.1, 0.15) is 0 Å². The molecule has 5 aromatic rings. The summed E-state index contributed by atoms with van der Waals surface area (Å²) >= 11 is 6.64. The van der Waals surface area contributed by atoms with E-state index in [2.05, 4.69) is 126 Å². The second-order valence-electron chi connectivity index (χ2n) is 22.5. The van der Waals surface area contributed by atoms with E-state index < -0.39 is 0 Å². The van der Waals surface area contributed by atoms with Crippen LogP contribution in [0.15, 0.2) is 105 Å². The van der Waals surface area contributed by atoms with Gasteiger partial charge in [-0.3, -0.25) is 19.2 Å². The molecule has 17 rings (SSSR count). The van der Waals surface area contributed by atoms with Gasteiger partial charge in [0.25, 0.3) is 0 Å². The Labute approximate surface area is 470 Å². The molecule has 9 heterocycles. The van der Waals surface area contributed by atoms with E-state index in [4.69, 9.17) is 21.6 Å². The van der Waals surface area contributed by atoms with Crippen LogP contribution in [0.5, 0.6) is 0 Å². The summed E-state index contributed by atoms with van der Waals surface area (Å²) in [6.45, 7) is 18.0. The molecule has 404 valence electrons. The number of hydrogen-bond donors (Lipinski definition) is 2. The Kier molecular flexibility index (Phi) is 15.2. The fourth-order valence-corrected chi connectivity index (χ4v) is 14.2. The zero-order valence-electron chi connectivity index (χ0n) is 47.5. The Morgan fingerprint density at radius 3 is 1.37 bits per heavy atom. The van der Waals surface area contributed by atoms with Crippen molar-refractivity contribution in [3.8, 4) is 22.3 Å². The Morgan fingerprint density at radius 2 is 0.899 bits per heavy atom. The van der Waals surface area contributed by atoms with Crippen molar-refractivity contribution in [2.75, 3.05) is 0 Å². The van der Waals surface area contributed by atoms with Crippen molar-refractivity contribution in [2.24, 2.45) is 0 Å². The lowest BCUT2D eigenvalue weighted by molar-refractivity contribution is -0.117. The molecule has 6 aliphatic heterocycles. The van der Waals surface area contributed by atoms with Gasteiger partial charge >= 0.3 is 0 Å². The lowest BCUT2D eigenvalue weighted by atomic mass is 9.76. The number of aromatic amines is 2. The first-order valence-electron chi connectivity index (χ1n) is 29.4. The van der Waals surface area contributed by atoms with Crippen molar-refractivity contribution < 1.29 is 19.2 Å². The van der Waals surface area contributed by atoms with Gasteiger partial charge in [0.05, 0.1) is 38.8 Å².